The number of hydrogen-bond acceptors (Lipinski definition) is 5. The van der Waals surface area contributed by atoms with E-state index in [1.165, 1.54) is 4.88 Å². The summed E-state index contributed by atoms with van der Waals surface area (Å²) in [5.74, 6) is 1.56. The van der Waals surface area contributed by atoms with Crippen LogP contribution >= 0.6 is 11.3 Å². The molecular weight excluding hydrogens is 242 g/mol. The Kier molecular flexibility index (Phi) is 4.31. The average molecular weight is 259 g/mol. The summed E-state index contributed by atoms with van der Waals surface area (Å²) in [5.41, 5.74) is 0. The number of aromatic nitrogens is 1. The predicted octanol–water partition coefficient (Wildman–Crippen LogP) is 0.821. The fraction of sp³-hybridized carbons (Fsp3) is 0.700. The molecule has 0 unspecified atom stereocenters. The van der Waals surface area contributed by atoms with E-state index >= 15 is 0 Å². The zero-order chi connectivity index (χ0) is 11.4. The molecule has 1 fully saturated rings. The molecule has 0 bridgehead atoms. The van der Waals surface area contributed by atoms with Gasteiger partial charge in [0.2, 0.25) is 0 Å². The van der Waals surface area contributed by atoms with Gasteiger partial charge in [0, 0.05) is 53.0 Å². The topological polar surface area (TPSA) is 45.2 Å². The molecule has 0 aliphatic carbocycles. The van der Waals surface area contributed by atoms with Gasteiger partial charge in [-0.3, -0.25) is 4.21 Å². The summed E-state index contributed by atoms with van der Waals surface area (Å²) in [6.45, 7) is 5.73. The van der Waals surface area contributed by atoms with Crippen LogP contribution < -0.4 is 10.2 Å². The summed E-state index contributed by atoms with van der Waals surface area (Å²) >= 11 is 1.73. The highest BCUT2D eigenvalue weighted by atomic mass is 32.2. The average Bonchev–Trinajstić information content (AvgIpc) is 2.76. The molecule has 1 saturated heterocycles. The van der Waals surface area contributed by atoms with Crippen LogP contribution in [0.25, 0.3) is 0 Å². The third kappa shape index (κ3) is 3.02. The second kappa shape index (κ2) is 5.75. The van der Waals surface area contributed by atoms with Crippen molar-refractivity contribution in [3.05, 3.63) is 11.1 Å². The lowest BCUT2D eigenvalue weighted by Crippen LogP contribution is -2.37. The molecule has 0 radical (unpaired) electrons. The van der Waals surface area contributed by atoms with Crippen LogP contribution in [0.4, 0.5) is 5.13 Å². The number of anilines is 1. The molecule has 0 spiro atoms. The Morgan fingerprint density at radius 2 is 2.31 bits per heavy atom. The quantitative estimate of drug-likeness (QED) is 0.869. The summed E-state index contributed by atoms with van der Waals surface area (Å²) < 4.78 is 11.2. The van der Waals surface area contributed by atoms with Crippen molar-refractivity contribution in [1.82, 2.24) is 10.3 Å². The lowest BCUT2D eigenvalue weighted by Gasteiger charge is -2.25. The van der Waals surface area contributed by atoms with Crippen molar-refractivity contribution < 1.29 is 4.21 Å². The van der Waals surface area contributed by atoms with E-state index in [1.54, 1.807) is 11.3 Å². The smallest absolute Gasteiger partial charge is 0.185 e. The van der Waals surface area contributed by atoms with E-state index < -0.39 is 10.8 Å². The maximum absolute atomic E-state index is 11.2. The number of rotatable bonds is 4. The van der Waals surface area contributed by atoms with Gasteiger partial charge in [0.1, 0.15) is 0 Å². The van der Waals surface area contributed by atoms with Gasteiger partial charge in [-0.2, -0.15) is 0 Å². The van der Waals surface area contributed by atoms with E-state index in [2.05, 4.69) is 22.1 Å². The van der Waals surface area contributed by atoms with Crippen LogP contribution in [-0.2, 0) is 17.3 Å². The summed E-state index contributed by atoms with van der Waals surface area (Å²) in [6, 6.07) is 0. The Bertz CT molecular complexity index is 357. The van der Waals surface area contributed by atoms with Gasteiger partial charge in [-0.25, -0.2) is 4.98 Å². The lowest BCUT2D eigenvalue weighted by molar-refractivity contribution is 0.673. The molecular formula is C10H17N3OS2. The number of nitrogens with zero attached hydrogens (tertiary/aromatic N) is 2. The molecule has 2 heterocycles. The van der Waals surface area contributed by atoms with Crippen molar-refractivity contribution in [3.8, 4) is 0 Å². The van der Waals surface area contributed by atoms with Gasteiger partial charge in [-0.15, -0.1) is 11.3 Å². The SMILES string of the molecule is CCNCc1cnc(N2CCS(=O)CC2)s1. The first-order chi connectivity index (χ1) is 7.79. The summed E-state index contributed by atoms with van der Waals surface area (Å²) in [4.78, 5) is 7.93. The molecule has 16 heavy (non-hydrogen) atoms. The number of hydrogen-bond donors (Lipinski definition) is 1. The second-order valence-electron chi connectivity index (χ2n) is 3.72. The standard InChI is InChI=1S/C10H17N3OS2/c1-2-11-7-9-8-12-10(15-9)13-3-5-16(14)6-4-13/h8,11H,2-7H2,1H3. The molecule has 1 aliphatic heterocycles. The first-order valence-corrected chi connectivity index (χ1v) is 7.85. The Hall–Kier alpha value is -0.460. The largest absolute Gasteiger partial charge is 0.346 e. The van der Waals surface area contributed by atoms with E-state index in [0.29, 0.717) is 0 Å². The van der Waals surface area contributed by atoms with Crippen LogP contribution in [0.5, 0.6) is 0 Å². The van der Waals surface area contributed by atoms with Gasteiger partial charge in [0.05, 0.1) is 0 Å². The van der Waals surface area contributed by atoms with Gasteiger partial charge < -0.3 is 10.2 Å². The second-order valence-corrected chi connectivity index (χ2v) is 6.51. The normalized spacial score (nSPS) is 17.9. The molecule has 0 aromatic carbocycles. The Morgan fingerprint density at radius 1 is 1.56 bits per heavy atom. The molecule has 0 amide bonds. The Morgan fingerprint density at radius 3 is 3.00 bits per heavy atom. The van der Waals surface area contributed by atoms with E-state index in [9.17, 15) is 4.21 Å². The van der Waals surface area contributed by atoms with Crippen molar-refractivity contribution in [3.63, 3.8) is 0 Å². The van der Waals surface area contributed by atoms with Crippen LogP contribution in [0.15, 0.2) is 6.20 Å². The highest BCUT2D eigenvalue weighted by Gasteiger charge is 2.17. The lowest BCUT2D eigenvalue weighted by atomic mass is 10.5. The first-order valence-electron chi connectivity index (χ1n) is 5.55. The Balaban J connectivity index is 1.93. The fourth-order valence-electron chi connectivity index (χ4n) is 1.60. The van der Waals surface area contributed by atoms with Gasteiger partial charge in [0.15, 0.2) is 5.13 Å². The van der Waals surface area contributed by atoms with E-state index in [0.717, 1.165) is 42.8 Å². The highest BCUT2D eigenvalue weighted by molar-refractivity contribution is 7.85. The monoisotopic (exact) mass is 259 g/mol. The van der Waals surface area contributed by atoms with Gasteiger partial charge in [0.25, 0.3) is 0 Å². The van der Waals surface area contributed by atoms with Crippen LogP contribution in [0.1, 0.15) is 11.8 Å². The van der Waals surface area contributed by atoms with Crippen molar-refractivity contribution >= 4 is 27.3 Å². The van der Waals surface area contributed by atoms with Crippen LogP contribution in [0, 0.1) is 0 Å². The molecule has 1 N–H and O–H groups in total. The van der Waals surface area contributed by atoms with Crippen molar-refractivity contribution in [2.75, 3.05) is 36.0 Å². The van der Waals surface area contributed by atoms with Crippen LogP contribution in [0.2, 0.25) is 0 Å². The van der Waals surface area contributed by atoms with Crippen molar-refractivity contribution in [2.24, 2.45) is 0 Å². The highest BCUT2D eigenvalue weighted by Crippen LogP contribution is 2.23. The summed E-state index contributed by atoms with van der Waals surface area (Å²) in [5, 5.41) is 4.36. The predicted molar refractivity (Wildman–Crippen MR) is 69.6 cm³/mol. The molecule has 6 heteroatoms. The molecule has 0 atom stereocenters. The minimum absolute atomic E-state index is 0.610. The summed E-state index contributed by atoms with van der Waals surface area (Å²) in [6.07, 6.45) is 1.94. The first kappa shape index (κ1) is 12.0. The van der Waals surface area contributed by atoms with E-state index in [-0.39, 0.29) is 0 Å². The van der Waals surface area contributed by atoms with Crippen molar-refractivity contribution in [2.45, 2.75) is 13.5 Å². The van der Waals surface area contributed by atoms with Crippen LogP contribution in [0.3, 0.4) is 0 Å². The van der Waals surface area contributed by atoms with E-state index in [4.69, 9.17) is 0 Å². The summed E-state index contributed by atoms with van der Waals surface area (Å²) in [7, 11) is -0.610. The minimum atomic E-state index is -0.610. The van der Waals surface area contributed by atoms with Gasteiger partial charge in [-0.1, -0.05) is 6.92 Å². The third-order valence-corrected chi connectivity index (χ3v) is 4.87. The maximum Gasteiger partial charge on any atom is 0.185 e. The molecule has 1 aromatic heterocycles. The number of thiazole rings is 1. The molecule has 1 aliphatic rings. The molecule has 4 nitrogen and oxygen atoms in total. The molecule has 90 valence electrons. The number of nitrogens with one attached hydrogen (secondary N) is 1. The minimum Gasteiger partial charge on any atom is -0.346 e. The third-order valence-electron chi connectivity index (χ3n) is 2.54. The molecule has 2 rings (SSSR count). The van der Waals surface area contributed by atoms with Crippen molar-refractivity contribution in [1.29, 1.82) is 0 Å². The molecule has 1 aromatic rings. The van der Waals surface area contributed by atoms with E-state index in [1.807, 2.05) is 6.20 Å². The van der Waals surface area contributed by atoms with Crippen LogP contribution in [-0.4, -0.2) is 40.3 Å². The zero-order valence-corrected chi connectivity index (χ0v) is 11.1. The van der Waals surface area contributed by atoms with Gasteiger partial charge in [-0.05, 0) is 6.54 Å². The maximum atomic E-state index is 11.2. The van der Waals surface area contributed by atoms with Gasteiger partial charge >= 0.3 is 0 Å². The fourth-order valence-corrected chi connectivity index (χ4v) is 3.59. The molecule has 0 saturated carbocycles. The zero-order valence-electron chi connectivity index (χ0n) is 9.44. The Labute approximate surface area is 103 Å².